The third kappa shape index (κ3) is 2.15. The maximum atomic E-state index is 10.9. The molecular weight excluding hydrogens is 196 g/mol. The average molecular weight is 208 g/mol. The highest BCUT2D eigenvalue weighted by Gasteiger charge is 2.13. The molecule has 4 heteroatoms. The average Bonchev–Trinajstić information content (AvgIpc) is 2.28. The largest absolute Gasteiger partial charge is 0.496 e. The van der Waals surface area contributed by atoms with Crippen LogP contribution in [0.25, 0.3) is 0 Å². The van der Waals surface area contributed by atoms with Gasteiger partial charge in [0.05, 0.1) is 24.8 Å². The minimum atomic E-state index is 0.221. The maximum absolute atomic E-state index is 10.9. The lowest BCUT2D eigenvalue weighted by molar-refractivity contribution is 0.109. The lowest BCUT2D eigenvalue weighted by Crippen LogP contribution is -2.01. The van der Waals surface area contributed by atoms with E-state index in [0.29, 0.717) is 30.7 Å². The second-order valence-electron chi connectivity index (χ2n) is 2.76. The Hall–Kier alpha value is -1.84. The van der Waals surface area contributed by atoms with Gasteiger partial charge in [-0.25, -0.2) is 0 Å². The lowest BCUT2D eigenvalue weighted by atomic mass is 10.1. The molecule has 0 fully saturated rings. The number of ether oxygens (including phenoxy) is 2. The van der Waals surface area contributed by atoms with Crippen molar-refractivity contribution in [2.24, 2.45) is 0 Å². The molecule has 0 saturated heterocycles. The molecule has 0 N–H and O–H groups in total. The summed E-state index contributed by atoms with van der Waals surface area (Å²) in [7, 11) is 1.44. The summed E-state index contributed by atoms with van der Waals surface area (Å²) in [5.74, 6) is 0.769. The van der Waals surface area contributed by atoms with Crippen LogP contribution in [-0.4, -0.2) is 26.3 Å². The monoisotopic (exact) mass is 208 g/mol. The van der Waals surface area contributed by atoms with E-state index >= 15 is 0 Å². The van der Waals surface area contributed by atoms with Gasteiger partial charge in [-0.3, -0.25) is 9.59 Å². The van der Waals surface area contributed by atoms with E-state index in [-0.39, 0.29) is 11.1 Å². The van der Waals surface area contributed by atoms with Gasteiger partial charge in [-0.05, 0) is 19.1 Å². The SMILES string of the molecule is CCOc1ccc(OC)c(C=O)c1C=O. The molecule has 4 nitrogen and oxygen atoms in total. The first-order chi connectivity index (χ1) is 7.28. The summed E-state index contributed by atoms with van der Waals surface area (Å²) in [6, 6.07) is 3.21. The number of rotatable bonds is 5. The first kappa shape index (κ1) is 11.2. The molecule has 0 spiro atoms. The summed E-state index contributed by atoms with van der Waals surface area (Å²) >= 11 is 0. The number of hydrogen-bond donors (Lipinski definition) is 0. The van der Waals surface area contributed by atoms with Crippen LogP contribution in [0.15, 0.2) is 12.1 Å². The molecule has 0 atom stereocenters. The molecule has 0 aliphatic heterocycles. The van der Waals surface area contributed by atoms with Gasteiger partial charge in [-0.2, -0.15) is 0 Å². The molecular formula is C11H12O4. The molecule has 1 aromatic carbocycles. The van der Waals surface area contributed by atoms with Crippen molar-refractivity contribution in [1.82, 2.24) is 0 Å². The van der Waals surface area contributed by atoms with Crippen LogP contribution < -0.4 is 9.47 Å². The number of aldehydes is 2. The van der Waals surface area contributed by atoms with Gasteiger partial charge < -0.3 is 9.47 Å². The van der Waals surface area contributed by atoms with E-state index in [9.17, 15) is 9.59 Å². The lowest BCUT2D eigenvalue weighted by Gasteiger charge is -2.10. The van der Waals surface area contributed by atoms with Crippen molar-refractivity contribution < 1.29 is 19.1 Å². The van der Waals surface area contributed by atoms with E-state index in [2.05, 4.69) is 0 Å². The van der Waals surface area contributed by atoms with Gasteiger partial charge in [0.25, 0.3) is 0 Å². The highest BCUT2D eigenvalue weighted by atomic mass is 16.5. The quantitative estimate of drug-likeness (QED) is 0.691. The molecule has 0 unspecified atom stereocenters. The van der Waals surface area contributed by atoms with Crippen LogP contribution in [0.5, 0.6) is 11.5 Å². The van der Waals surface area contributed by atoms with Crippen molar-refractivity contribution >= 4 is 12.6 Å². The van der Waals surface area contributed by atoms with E-state index in [1.807, 2.05) is 0 Å². The Balaban J connectivity index is 3.33. The number of benzene rings is 1. The predicted molar refractivity (Wildman–Crippen MR) is 54.9 cm³/mol. The summed E-state index contributed by atoms with van der Waals surface area (Å²) in [6.07, 6.45) is 1.18. The van der Waals surface area contributed by atoms with E-state index in [0.717, 1.165) is 0 Å². The van der Waals surface area contributed by atoms with Crippen LogP contribution in [0.2, 0.25) is 0 Å². The fourth-order valence-corrected chi connectivity index (χ4v) is 1.30. The Morgan fingerprint density at radius 1 is 1.13 bits per heavy atom. The molecule has 0 aliphatic carbocycles. The summed E-state index contributed by atoms with van der Waals surface area (Å²) in [5, 5.41) is 0. The van der Waals surface area contributed by atoms with Crippen LogP contribution in [0.3, 0.4) is 0 Å². The molecule has 0 bridgehead atoms. The third-order valence-corrected chi connectivity index (χ3v) is 1.96. The smallest absolute Gasteiger partial charge is 0.154 e. The number of carbonyl (C=O) groups excluding carboxylic acids is 2. The zero-order chi connectivity index (χ0) is 11.3. The third-order valence-electron chi connectivity index (χ3n) is 1.96. The van der Waals surface area contributed by atoms with Gasteiger partial charge in [0, 0.05) is 0 Å². The molecule has 0 amide bonds. The number of carbonyl (C=O) groups is 2. The minimum absolute atomic E-state index is 0.221. The standard InChI is InChI=1S/C11H12O4/c1-3-15-11-5-4-10(14-2)8(6-12)9(11)7-13/h4-7H,3H2,1-2H3. The fourth-order valence-electron chi connectivity index (χ4n) is 1.30. The van der Waals surface area contributed by atoms with Crippen LogP contribution in [0.4, 0.5) is 0 Å². The Bertz CT molecular complexity index is 371. The molecule has 0 radical (unpaired) electrons. The highest BCUT2D eigenvalue weighted by molar-refractivity contribution is 5.95. The van der Waals surface area contributed by atoms with Crippen molar-refractivity contribution in [2.75, 3.05) is 13.7 Å². The minimum Gasteiger partial charge on any atom is -0.496 e. The Kier molecular flexibility index (Phi) is 3.85. The molecule has 0 heterocycles. The second kappa shape index (κ2) is 5.14. The summed E-state index contributed by atoms with van der Waals surface area (Å²) in [6.45, 7) is 2.24. The van der Waals surface area contributed by atoms with Crippen LogP contribution in [-0.2, 0) is 0 Å². The summed E-state index contributed by atoms with van der Waals surface area (Å²) in [5.41, 5.74) is 0.449. The van der Waals surface area contributed by atoms with Gasteiger partial charge in [-0.15, -0.1) is 0 Å². The summed E-state index contributed by atoms with van der Waals surface area (Å²) in [4.78, 5) is 21.7. The first-order valence-corrected chi connectivity index (χ1v) is 4.52. The van der Waals surface area contributed by atoms with Gasteiger partial charge in [0.1, 0.15) is 11.5 Å². The van der Waals surface area contributed by atoms with Crippen molar-refractivity contribution in [1.29, 1.82) is 0 Å². The number of hydrogen-bond acceptors (Lipinski definition) is 4. The van der Waals surface area contributed by atoms with Crippen LogP contribution in [0, 0.1) is 0 Å². The molecule has 1 aromatic rings. The van der Waals surface area contributed by atoms with E-state index in [4.69, 9.17) is 9.47 Å². The fraction of sp³-hybridized carbons (Fsp3) is 0.273. The zero-order valence-electron chi connectivity index (χ0n) is 8.65. The molecule has 15 heavy (non-hydrogen) atoms. The molecule has 0 aromatic heterocycles. The molecule has 0 aliphatic rings. The van der Waals surface area contributed by atoms with Gasteiger partial charge in [0.2, 0.25) is 0 Å². The van der Waals surface area contributed by atoms with Crippen molar-refractivity contribution in [3.8, 4) is 11.5 Å². The van der Waals surface area contributed by atoms with Crippen LogP contribution >= 0.6 is 0 Å². The van der Waals surface area contributed by atoms with Crippen molar-refractivity contribution in [3.05, 3.63) is 23.3 Å². The second-order valence-corrected chi connectivity index (χ2v) is 2.76. The van der Waals surface area contributed by atoms with Crippen LogP contribution in [0.1, 0.15) is 27.6 Å². The normalized spacial score (nSPS) is 9.47. The number of methoxy groups -OCH3 is 1. The zero-order valence-corrected chi connectivity index (χ0v) is 8.65. The maximum Gasteiger partial charge on any atom is 0.154 e. The Morgan fingerprint density at radius 2 is 1.67 bits per heavy atom. The van der Waals surface area contributed by atoms with Gasteiger partial charge >= 0.3 is 0 Å². The van der Waals surface area contributed by atoms with E-state index in [1.54, 1.807) is 19.1 Å². The molecule has 1 rings (SSSR count). The molecule has 0 saturated carbocycles. The highest BCUT2D eigenvalue weighted by Crippen LogP contribution is 2.27. The predicted octanol–water partition coefficient (Wildman–Crippen LogP) is 1.72. The van der Waals surface area contributed by atoms with Gasteiger partial charge in [-0.1, -0.05) is 0 Å². The topological polar surface area (TPSA) is 52.6 Å². The Labute approximate surface area is 87.8 Å². The van der Waals surface area contributed by atoms with Crippen molar-refractivity contribution in [2.45, 2.75) is 6.92 Å². The first-order valence-electron chi connectivity index (χ1n) is 4.52. The molecule has 80 valence electrons. The van der Waals surface area contributed by atoms with Gasteiger partial charge in [0.15, 0.2) is 12.6 Å². The Morgan fingerprint density at radius 3 is 2.13 bits per heavy atom. The van der Waals surface area contributed by atoms with E-state index in [1.165, 1.54) is 7.11 Å². The summed E-state index contributed by atoms with van der Waals surface area (Å²) < 4.78 is 10.2. The van der Waals surface area contributed by atoms with Crippen molar-refractivity contribution in [3.63, 3.8) is 0 Å². The van der Waals surface area contributed by atoms with E-state index < -0.39 is 0 Å².